The summed E-state index contributed by atoms with van der Waals surface area (Å²) in [6, 6.07) is 19.1. The topological polar surface area (TPSA) is 107 Å². The molecule has 1 heterocycles. The Kier molecular flexibility index (Phi) is 7.17. The standard InChI is InChI=1S/C27H28BFN2O6S/c1-18-19(17-38(29,35)36)14-20(28(33)34)15-26(18)30-10-12-31(13-11-30)27(32)37-16-25-23-8-4-2-6-21(23)22-7-3-5-9-24(22)25/h2-9,14-15,25,33-34H,10-13,16-17H2,1H3. The van der Waals surface area contributed by atoms with Crippen LogP contribution in [-0.4, -0.2) is 69.4 Å². The Morgan fingerprint density at radius 3 is 2.13 bits per heavy atom. The summed E-state index contributed by atoms with van der Waals surface area (Å²) in [5, 5.41) is 19.3. The zero-order valence-corrected chi connectivity index (χ0v) is 21.7. The molecule has 38 heavy (non-hydrogen) atoms. The molecule has 8 nitrogen and oxygen atoms in total. The van der Waals surface area contributed by atoms with E-state index in [2.05, 4.69) is 24.3 Å². The molecule has 11 heteroatoms. The fourth-order valence-corrected chi connectivity index (χ4v) is 6.08. The number of amides is 1. The molecular formula is C27H28BFN2O6S. The molecule has 1 saturated heterocycles. The van der Waals surface area contributed by atoms with E-state index in [1.807, 2.05) is 29.2 Å². The fourth-order valence-electron chi connectivity index (χ4n) is 5.41. The van der Waals surface area contributed by atoms with Crippen LogP contribution in [0.3, 0.4) is 0 Å². The van der Waals surface area contributed by atoms with Crippen LogP contribution < -0.4 is 10.4 Å². The SMILES string of the molecule is Cc1c(CS(=O)(=O)F)cc(B(O)O)cc1N1CCN(C(=O)OCC2c3ccccc3-c3ccccc32)CC1. The van der Waals surface area contributed by atoms with E-state index in [4.69, 9.17) is 4.74 Å². The number of rotatable bonds is 6. The van der Waals surface area contributed by atoms with Crippen molar-refractivity contribution in [3.8, 4) is 11.1 Å². The molecule has 0 aromatic heterocycles. The van der Waals surface area contributed by atoms with Gasteiger partial charge in [-0.1, -0.05) is 54.6 Å². The van der Waals surface area contributed by atoms with Crippen LogP contribution in [0.5, 0.6) is 0 Å². The molecule has 1 amide bonds. The molecule has 0 atom stereocenters. The lowest BCUT2D eigenvalue weighted by molar-refractivity contribution is 0.0977. The summed E-state index contributed by atoms with van der Waals surface area (Å²) in [6.45, 7) is 3.44. The van der Waals surface area contributed by atoms with Gasteiger partial charge in [-0.05, 0) is 51.8 Å². The molecule has 0 bridgehead atoms. The average molecular weight is 538 g/mol. The summed E-state index contributed by atoms with van der Waals surface area (Å²) in [4.78, 5) is 16.5. The molecule has 198 valence electrons. The van der Waals surface area contributed by atoms with Crippen LogP contribution in [0.4, 0.5) is 14.4 Å². The highest BCUT2D eigenvalue weighted by molar-refractivity contribution is 7.85. The number of benzene rings is 3. The Bertz CT molecular complexity index is 1430. The highest BCUT2D eigenvalue weighted by Crippen LogP contribution is 2.44. The molecule has 3 aromatic rings. The van der Waals surface area contributed by atoms with Gasteiger partial charge in [-0.15, -0.1) is 3.89 Å². The van der Waals surface area contributed by atoms with Crippen molar-refractivity contribution in [1.82, 2.24) is 4.90 Å². The first-order valence-electron chi connectivity index (χ1n) is 12.4. The Labute approximate surface area is 221 Å². The highest BCUT2D eigenvalue weighted by Gasteiger charge is 2.31. The molecule has 2 aliphatic rings. The molecule has 5 rings (SSSR count). The van der Waals surface area contributed by atoms with Gasteiger partial charge in [-0.25, -0.2) is 4.79 Å². The molecule has 0 saturated carbocycles. The molecule has 0 spiro atoms. The molecule has 1 aliphatic carbocycles. The molecule has 2 N–H and O–H groups in total. The van der Waals surface area contributed by atoms with Crippen molar-refractivity contribution in [2.45, 2.75) is 18.6 Å². The summed E-state index contributed by atoms with van der Waals surface area (Å²) in [7, 11) is -6.65. The number of hydrogen-bond acceptors (Lipinski definition) is 7. The normalized spacial score (nSPS) is 15.3. The van der Waals surface area contributed by atoms with Gasteiger partial charge in [0.1, 0.15) is 12.4 Å². The predicted molar refractivity (Wildman–Crippen MR) is 144 cm³/mol. The predicted octanol–water partition coefficient (Wildman–Crippen LogP) is 2.55. The number of anilines is 1. The second-order valence-electron chi connectivity index (χ2n) is 9.66. The minimum atomic E-state index is -4.81. The lowest BCUT2D eigenvalue weighted by atomic mass is 9.78. The van der Waals surface area contributed by atoms with Crippen molar-refractivity contribution in [2.75, 3.05) is 37.7 Å². The lowest BCUT2D eigenvalue weighted by Crippen LogP contribution is -2.49. The van der Waals surface area contributed by atoms with Gasteiger partial charge in [-0.2, -0.15) is 8.42 Å². The largest absolute Gasteiger partial charge is 0.488 e. The average Bonchev–Trinajstić information content (AvgIpc) is 3.21. The first-order valence-corrected chi connectivity index (χ1v) is 13.9. The van der Waals surface area contributed by atoms with E-state index in [1.54, 1.807) is 17.9 Å². The van der Waals surface area contributed by atoms with Crippen LogP contribution >= 0.6 is 0 Å². The molecule has 0 unspecified atom stereocenters. The highest BCUT2D eigenvalue weighted by atomic mass is 32.3. The van der Waals surface area contributed by atoms with Crippen LogP contribution in [0.1, 0.15) is 28.2 Å². The first-order chi connectivity index (χ1) is 18.1. The van der Waals surface area contributed by atoms with E-state index >= 15 is 0 Å². The van der Waals surface area contributed by atoms with Crippen molar-refractivity contribution in [1.29, 1.82) is 0 Å². The number of nitrogens with zero attached hydrogens (tertiary/aromatic N) is 2. The van der Waals surface area contributed by atoms with Crippen molar-refractivity contribution in [2.24, 2.45) is 0 Å². The van der Waals surface area contributed by atoms with E-state index in [0.717, 1.165) is 22.3 Å². The third-order valence-corrected chi connectivity index (χ3v) is 8.01. The maximum Gasteiger partial charge on any atom is 0.488 e. The van der Waals surface area contributed by atoms with Crippen LogP contribution in [0.25, 0.3) is 11.1 Å². The maximum absolute atomic E-state index is 13.4. The van der Waals surface area contributed by atoms with Gasteiger partial charge in [0.25, 0.3) is 0 Å². The number of hydrogen-bond donors (Lipinski definition) is 2. The van der Waals surface area contributed by atoms with E-state index in [1.165, 1.54) is 6.07 Å². The van der Waals surface area contributed by atoms with Crippen LogP contribution in [-0.2, 0) is 20.7 Å². The fraction of sp³-hybridized carbons (Fsp3) is 0.296. The van der Waals surface area contributed by atoms with E-state index < -0.39 is 29.2 Å². The third-order valence-electron chi connectivity index (χ3n) is 7.35. The van der Waals surface area contributed by atoms with Gasteiger partial charge in [-0.3, -0.25) is 0 Å². The zero-order chi connectivity index (χ0) is 27.0. The first kappa shape index (κ1) is 26.2. The second-order valence-corrected chi connectivity index (χ2v) is 11.0. The van der Waals surface area contributed by atoms with Crippen LogP contribution in [0, 0.1) is 6.92 Å². The monoisotopic (exact) mass is 538 g/mol. The van der Waals surface area contributed by atoms with E-state index in [0.29, 0.717) is 37.4 Å². The van der Waals surface area contributed by atoms with Gasteiger partial charge >= 0.3 is 23.4 Å². The number of fused-ring (bicyclic) bond motifs is 3. The van der Waals surface area contributed by atoms with Gasteiger partial charge in [0.05, 0.1) is 0 Å². The molecular weight excluding hydrogens is 510 g/mol. The lowest BCUT2D eigenvalue weighted by Gasteiger charge is -2.37. The van der Waals surface area contributed by atoms with E-state index in [-0.39, 0.29) is 23.6 Å². The van der Waals surface area contributed by atoms with Gasteiger partial charge in [0.2, 0.25) is 0 Å². The maximum atomic E-state index is 13.4. The summed E-state index contributed by atoms with van der Waals surface area (Å²) < 4.78 is 41.7. The number of carbonyl (C=O) groups excluding carboxylic acids is 1. The number of ether oxygens (including phenoxy) is 1. The van der Waals surface area contributed by atoms with Crippen molar-refractivity contribution in [3.63, 3.8) is 0 Å². The summed E-state index contributed by atoms with van der Waals surface area (Å²) in [5.41, 5.74) is 5.92. The Balaban J connectivity index is 1.26. The molecule has 1 aliphatic heterocycles. The number of piperazine rings is 1. The Morgan fingerprint density at radius 1 is 1.00 bits per heavy atom. The minimum Gasteiger partial charge on any atom is -0.448 e. The molecule has 1 fully saturated rings. The van der Waals surface area contributed by atoms with E-state index in [9.17, 15) is 27.1 Å². The quantitative estimate of drug-likeness (QED) is 0.367. The summed E-state index contributed by atoms with van der Waals surface area (Å²) >= 11 is 0. The van der Waals surface area contributed by atoms with Crippen molar-refractivity contribution in [3.05, 3.63) is 82.9 Å². The number of halogens is 1. The molecule has 0 radical (unpaired) electrons. The van der Waals surface area contributed by atoms with Crippen LogP contribution in [0.2, 0.25) is 0 Å². The van der Waals surface area contributed by atoms with Gasteiger partial charge in [0.15, 0.2) is 0 Å². The number of carbonyl (C=O) groups is 1. The van der Waals surface area contributed by atoms with Gasteiger partial charge < -0.3 is 24.6 Å². The summed E-state index contributed by atoms with van der Waals surface area (Å²) in [6.07, 6.45) is -0.410. The van der Waals surface area contributed by atoms with Crippen molar-refractivity contribution >= 4 is 34.6 Å². The van der Waals surface area contributed by atoms with Gasteiger partial charge in [0, 0.05) is 37.8 Å². The van der Waals surface area contributed by atoms with Crippen molar-refractivity contribution < 1.29 is 31.9 Å². The second kappa shape index (κ2) is 10.4. The minimum absolute atomic E-state index is 0.0341. The Morgan fingerprint density at radius 2 is 1.58 bits per heavy atom. The Hall–Kier alpha value is -3.41. The van der Waals surface area contributed by atoms with Crippen LogP contribution in [0.15, 0.2) is 60.7 Å². The third kappa shape index (κ3) is 5.27. The zero-order valence-electron chi connectivity index (χ0n) is 20.9. The smallest absolute Gasteiger partial charge is 0.448 e. The molecule has 3 aromatic carbocycles. The summed E-state index contributed by atoms with van der Waals surface area (Å²) in [5.74, 6) is -0.889.